The number of amides is 1. The summed E-state index contributed by atoms with van der Waals surface area (Å²) < 4.78 is 15.9. The van der Waals surface area contributed by atoms with Crippen molar-refractivity contribution in [3.8, 4) is 0 Å². The number of nitrogens with zero attached hydrogens (tertiary/aromatic N) is 3. The molecule has 0 aliphatic heterocycles. The lowest BCUT2D eigenvalue weighted by Gasteiger charge is -2.25. The van der Waals surface area contributed by atoms with Crippen LogP contribution < -0.4 is 26.8 Å². The van der Waals surface area contributed by atoms with Crippen LogP contribution in [0.2, 0.25) is 0 Å². The third-order valence-electron chi connectivity index (χ3n) is 5.32. The molecule has 1 amide bonds. The minimum atomic E-state index is -0.778. The monoisotopic (exact) mass is 453 g/mol. The Morgan fingerprint density at radius 1 is 1.12 bits per heavy atom. The van der Waals surface area contributed by atoms with Gasteiger partial charge in [-0.05, 0) is 30.2 Å². The zero-order valence-electron chi connectivity index (χ0n) is 19.0. The van der Waals surface area contributed by atoms with Crippen LogP contribution in [0, 0.1) is 5.82 Å². The summed E-state index contributed by atoms with van der Waals surface area (Å²) in [6, 6.07) is 13.2. The number of rotatable bonds is 8. The molecular weight excluding hydrogens is 425 g/mol. The van der Waals surface area contributed by atoms with Gasteiger partial charge in [-0.1, -0.05) is 43.7 Å². The van der Waals surface area contributed by atoms with Crippen LogP contribution in [-0.4, -0.2) is 29.6 Å². The van der Waals surface area contributed by atoms with E-state index in [0.29, 0.717) is 18.7 Å². The summed E-state index contributed by atoms with van der Waals surface area (Å²) in [5, 5.41) is 0. The second kappa shape index (κ2) is 10.2. The summed E-state index contributed by atoms with van der Waals surface area (Å²) in [5.74, 6) is -1.28. The van der Waals surface area contributed by atoms with Crippen molar-refractivity contribution in [2.75, 3.05) is 29.6 Å². The van der Waals surface area contributed by atoms with E-state index in [0.717, 1.165) is 18.1 Å². The number of H-pyrrole nitrogens is 1. The van der Waals surface area contributed by atoms with Gasteiger partial charge in [-0.15, -0.1) is 0 Å². The molecule has 0 spiro atoms. The number of anilines is 3. The predicted octanol–water partition coefficient (Wildman–Crippen LogP) is 2.97. The first-order valence-electron chi connectivity index (χ1n) is 10.7. The number of nitrogen functional groups attached to an aromatic ring is 1. The molecule has 0 saturated heterocycles. The Morgan fingerprint density at radius 3 is 2.42 bits per heavy atom. The Balaban J connectivity index is 2.15. The highest BCUT2D eigenvalue weighted by molar-refractivity contribution is 6.07. The highest BCUT2D eigenvalue weighted by Gasteiger charge is 2.26. The van der Waals surface area contributed by atoms with E-state index in [2.05, 4.69) is 4.98 Å². The van der Waals surface area contributed by atoms with Crippen LogP contribution >= 0.6 is 0 Å². The topological polar surface area (TPSA) is 104 Å². The smallest absolute Gasteiger partial charge is 0.330 e. The average Bonchev–Trinajstić information content (AvgIpc) is 2.78. The van der Waals surface area contributed by atoms with Gasteiger partial charge < -0.3 is 10.6 Å². The van der Waals surface area contributed by atoms with Crippen molar-refractivity contribution < 1.29 is 9.18 Å². The van der Waals surface area contributed by atoms with Crippen molar-refractivity contribution in [1.82, 2.24) is 9.55 Å². The fraction of sp³-hybridized carbons (Fsp3) is 0.292. The van der Waals surface area contributed by atoms with Gasteiger partial charge in [0.1, 0.15) is 11.6 Å². The molecule has 3 rings (SSSR count). The lowest BCUT2D eigenvalue weighted by Crippen LogP contribution is -2.41. The van der Waals surface area contributed by atoms with Crippen molar-refractivity contribution in [1.29, 1.82) is 0 Å². The van der Waals surface area contributed by atoms with Gasteiger partial charge in [0.2, 0.25) is 0 Å². The van der Waals surface area contributed by atoms with E-state index in [-0.39, 0.29) is 23.6 Å². The second-order valence-electron chi connectivity index (χ2n) is 7.94. The van der Waals surface area contributed by atoms with E-state index in [4.69, 9.17) is 5.73 Å². The zero-order valence-corrected chi connectivity index (χ0v) is 19.0. The van der Waals surface area contributed by atoms with Crippen LogP contribution in [0.5, 0.6) is 0 Å². The Hall–Kier alpha value is -3.88. The first-order valence-corrected chi connectivity index (χ1v) is 10.7. The van der Waals surface area contributed by atoms with Crippen molar-refractivity contribution >= 4 is 23.1 Å². The quantitative estimate of drug-likeness (QED) is 0.546. The number of carbonyl (C=O) groups is 1. The molecule has 0 aliphatic carbocycles. The van der Waals surface area contributed by atoms with E-state index >= 15 is 0 Å². The first kappa shape index (κ1) is 23.8. The molecular formula is C24H28FN5O3. The van der Waals surface area contributed by atoms with E-state index in [9.17, 15) is 18.8 Å². The normalized spacial score (nSPS) is 10.8. The maximum Gasteiger partial charge on any atom is 0.330 e. The number of nitrogens with two attached hydrogens (primary N) is 1. The van der Waals surface area contributed by atoms with Crippen molar-refractivity contribution in [3.63, 3.8) is 0 Å². The minimum absolute atomic E-state index is 0.00991. The van der Waals surface area contributed by atoms with E-state index in [1.54, 1.807) is 43.3 Å². The molecule has 0 atom stereocenters. The van der Waals surface area contributed by atoms with Crippen LogP contribution in [0.4, 0.5) is 21.6 Å². The maximum absolute atomic E-state index is 14.6. The van der Waals surface area contributed by atoms with Gasteiger partial charge in [-0.2, -0.15) is 0 Å². The summed E-state index contributed by atoms with van der Waals surface area (Å²) >= 11 is 0. The first-order chi connectivity index (χ1) is 15.7. The van der Waals surface area contributed by atoms with Crippen LogP contribution in [0.15, 0.2) is 58.1 Å². The summed E-state index contributed by atoms with van der Waals surface area (Å²) in [5.41, 5.74) is 5.82. The van der Waals surface area contributed by atoms with Gasteiger partial charge in [0.25, 0.3) is 11.5 Å². The fourth-order valence-electron chi connectivity index (χ4n) is 3.55. The van der Waals surface area contributed by atoms with Gasteiger partial charge in [-0.3, -0.25) is 24.0 Å². The molecule has 174 valence electrons. The van der Waals surface area contributed by atoms with Gasteiger partial charge in [0, 0.05) is 26.2 Å². The number of hydrogen-bond donors (Lipinski definition) is 2. The molecule has 9 heteroatoms. The van der Waals surface area contributed by atoms with Gasteiger partial charge in [0.15, 0.2) is 5.69 Å². The number of aromatic amines is 1. The molecule has 0 aliphatic rings. The largest absolute Gasteiger partial charge is 0.383 e. The lowest BCUT2D eigenvalue weighted by atomic mass is 10.1. The molecule has 2 aromatic carbocycles. The lowest BCUT2D eigenvalue weighted by molar-refractivity contribution is 0.0984. The number of unbranched alkanes of at least 4 members (excludes halogenated alkanes) is 1. The molecule has 3 N–H and O–H groups in total. The molecule has 33 heavy (non-hydrogen) atoms. The fourth-order valence-corrected chi connectivity index (χ4v) is 3.55. The van der Waals surface area contributed by atoms with Crippen LogP contribution in [0.25, 0.3) is 0 Å². The Bertz CT molecular complexity index is 1250. The Kier molecular flexibility index (Phi) is 7.32. The Labute approximate surface area is 191 Å². The second-order valence-corrected chi connectivity index (χ2v) is 7.94. The molecule has 1 heterocycles. The van der Waals surface area contributed by atoms with Crippen LogP contribution in [0.3, 0.4) is 0 Å². The maximum atomic E-state index is 14.6. The third-order valence-corrected chi connectivity index (χ3v) is 5.32. The summed E-state index contributed by atoms with van der Waals surface area (Å²) in [7, 11) is 3.39. The highest BCUT2D eigenvalue weighted by atomic mass is 19.1. The SMILES string of the molecule is CCCCn1c(N)c(N(Cc2ccccc2)C(=O)c2ccc(N(C)C)c(F)c2)c(=O)[nH]c1=O. The molecule has 0 fully saturated rings. The molecule has 0 unspecified atom stereocenters. The van der Waals surface area contributed by atoms with E-state index in [1.807, 2.05) is 13.0 Å². The molecule has 0 saturated carbocycles. The van der Waals surface area contributed by atoms with Crippen molar-refractivity contribution in [2.45, 2.75) is 32.9 Å². The van der Waals surface area contributed by atoms with Gasteiger partial charge in [0.05, 0.1) is 12.2 Å². The Morgan fingerprint density at radius 2 is 1.82 bits per heavy atom. The average molecular weight is 454 g/mol. The van der Waals surface area contributed by atoms with Crippen molar-refractivity contribution in [2.24, 2.45) is 0 Å². The molecule has 1 aromatic heterocycles. The van der Waals surface area contributed by atoms with Crippen molar-refractivity contribution in [3.05, 3.63) is 86.3 Å². The molecule has 0 radical (unpaired) electrons. The number of halogens is 1. The minimum Gasteiger partial charge on any atom is -0.383 e. The number of aromatic nitrogens is 2. The van der Waals surface area contributed by atoms with Crippen LogP contribution in [-0.2, 0) is 13.1 Å². The number of hydrogen-bond acceptors (Lipinski definition) is 5. The van der Waals surface area contributed by atoms with Crippen LogP contribution in [0.1, 0.15) is 35.7 Å². The molecule has 3 aromatic rings. The summed E-state index contributed by atoms with van der Waals surface area (Å²) in [4.78, 5) is 43.8. The molecule has 8 nitrogen and oxygen atoms in total. The standard InChI is InChI=1S/C24H28FN5O3/c1-4-5-13-29-21(26)20(22(31)27-24(29)33)30(15-16-9-7-6-8-10-16)23(32)17-11-12-19(28(2)3)18(25)14-17/h6-12,14H,4-5,13,15,26H2,1-3H3,(H,27,31,33). The van der Waals surface area contributed by atoms with Gasteiger partial charge >= 0.3 is 5.69 Å². The number of carbonyl (C=O) groups excluding carboxylic acids is 1. The van der Waals surface area contributed by atoms with E-state index < -0.39 is 23.0 Å². The van der Waals surface area contributed by atoms with Gasteiger partial charge in [-0.25, -0.2) is 9.18 Å². The number of nitrogens with one attached hydrogen (secondary N) is 1. The van der Waals surface area contributed by atoms with E-state index in [1.165, 1.54) is 21.6 Å². The summed E-state index contributed by atoms with van der Waals surface area (Å²) in [6.07, 6.45) is 1.48. The molecule has 0 bridgehead atoms. The highest BCUT2D eigenvalue weighted by Crippen LogP contribution is 2.25. The summed E-state index contributed by atoms with van der Waals surface area (Å²) in [6.45, 7) is 2.27. The number of benzene rings is 2. The zero-order chi connectivity index (χ0) is 24.1. The predicted molar refractivity (Wildman–Crippen MR) is 128 cm³/mol. The third kappa shape index (κ3) is 5.14.